The third-order valence-electron chi connectivity index (χ3n) is 7.25. The van der Waals surface area contributed by atoms with Crippen LogP contribution in [-0.2, 0) is 11.3 Å². The third kappa shape index (κ3) is 4.95. The number of amides is 1. The van der Waals surface area contributed by atoms with E-state index in [-0.39, 0.29) is 23.5 Å². The van der Waals surface area contributed by atoms with Gasteiger partial charge in [0.2, 0.25) is 5.91 Å². The van der Waals surface area contributed by atoms with E-state index in [1.54, 1.807) is 0 Å². The standard InChI is InChI=1S/C27H36N2O2/c1-4-27(5-2)18-24(23-11-6-7-12-25(23)31-27)28-26(30)22-13-15-29(16-14-22)19-21-10-8-9-20(3)17-21/h6-12,17,22,24H,4-5,13-16,18-19H2,1-3H3,(H,28,30). The molecule has 2 aliphatic heterocycles. The number of aryl methyl sites for hydroxylation is 1. The SMILES string of the molecule is CCC1(CC)CC(NC(=O)C2CCN(Cc3cccc(C)c3)CC2)c2ccccc2O1. The van der Waals surface area contributed by atoms with Gasteiger partial charge in [0.25, 0.3) is 0 Å². The molecule has 0 saturated carbocycles. The van der Waals surface area contributed by atoms with Gasteiger partial charge in [-0.3, -0.25) is 9.69 Å². The second-order valence-corrected chi connectivity index (χ2v) is 9.33. The van der Waals surface area contributed by atoms with E-state index in [1.807, 2.05) is 18.2 Å². The summed E-state index contributed by atoms with van der Waals surface area (Å²) in [7, 11) is 0. The van der Waals surface area contributed by atoms with Crippen molar-refractivity contribution in [1.82, 2.24) is 10.2 Å². The quantitative estimate of drug-likeness (QED) is 0.680. The Morgan fingerprint density at radius 1 is 1.10 bits per heavy atom. The molecular weight excluding hydrogens is 384 g/mol. The summed E-state index contributed by atoms with van der Waals surface area (Å²) in [5.41, 5.74) is 3.59. The van der Waals surface area contributed by atoms with Crippen molar-refractivity contribution in [3.05, 3.63) is 65.2 Å². The van der Waals surface area contributed by atoms with E-state index >= 15 is 0 Å². The number of piperidine rings is 1. The Morgan fingerprint density at radius 2 is 1.84 bits per heavy atom. The van der Waals surface area contributed by atoms with Crippen molar-refractivity contribution < 1.29 is 9.53 Å². The van der Waals surface area contributed by atoms with Crippen LogP contribution in [0.25, 0.3) is 0 Å². The van der Waals surface area contributed by atoms with Crippen LogP contribution >= 0.6 is 0 Å². The van der Waals surface area contributed by atoms with Gasteiger partial charge in [-0.25, -0.2) is 0 Å². The minimum Gasteiger partial charge on any atom is -0.487 e. The molecule has 0 aromatic heterocycles. The summed E-state index contributed by atoms with van der Waals surface area (Å²) in [6, 6.07) is 16.9. The van der Waals surface area contributed by atoms with E-state index < -0.39 is 0 Å². The number of para-hydroxylation sites is 1. The zero-order chi connectivity index (χ0) is 21.8. The lowest BCUT2D eigenvalue weighted by molar-refractivity contribution is -0.128. The Labute approximate surface area is 187 Å². The number of likely N-dealkylation sites (tertiary alicyclic amines) is 1. The normalized spacial score (nSPS) is 21.2. The van der Waals surface area contributed by atoms with Gasteiger partial charge in [-0.05, 0) is 57.3 Å². The van der Waals surface area contributed by atoms with Crippen molar-refractivity contribution in [3.8, 4) is 5.75 Å². The number of nitrogens with one attached hydrogen (secondary N) is 1. The van der Waals surface area contributed by atoms with E-state index in [0.29, 0.717) is 0 Å². The largest absolute Gasteiger partial charge is 0.487 e. The summed E-state index contributed by atoms with van der Waals surface area (Å²) >= 11 is 0. The molecule has 4 nitrogen and oxygen atoms in total. The first kappa shape index (κ1) is 21.9. The minimum atomic E-state index is -0.191. The van der Waals surface area contributed by atoms with Gasteiger partial charge in [-0.1, -0.05) is 61.9 Å². The molecule has 1 amide bonds. The van der Waals surface area contributed by atoms with Gasteiger partial charge in [0.05, 0.1) is 6.04 Å². The molecule has 0 aliphatic carbocycles. The van der Waals surface area contributed by atoms with Crippen LogP contribution in [0.1, 0.15) is 68.7 Å². The van der Waals surface area contributed by atoms with Crippen molar-refractivity contribution in [2.45, 2.75) is 71.1 Å². The second-order valence-electron chi connectivity index (χ2n) is 9.33. The topological polar surface area (TPSA) is 41.6 Å². The Kier molecular flexibility index (Phi) is 6.66. The number of rotatable bonds is 6. The molecule has 0 bridgehead atoms. The van der Waals surface area contributed by atoms with E-state index in [4.69, 9.17) is 4.74 Å². The van der Waals surface area contributed by atoms with Gasteiger partial charge >= 0.3 is 0 Å². The van der Waals surface area contributed by atoms with E-state index in [1.165, 1.54) is 11.1 Å². The first-order valence-electron chi connectivity index (χ1n) is 11.9. The molecule has 1 N–H and O–H groups in total. The number of fused-ring (bicyclic) bond motifs is 1. The maximum atomic E-state index is 13.2. The molecule has 0 radical (unpaired) electrons. The fourth-order valence-electron chi connectivity index (χ4n) is 5.14. The average molecular weight is 421 g/mol. The summed E-state index contributed by atoms with van der Waals surface area (Å²) in [5, 5.41) is 3.40. The van der Waals surface area contributed by atoms with Crippen LogP contribution in [0.4, 0.5) is 0 Å². The molecular formula is C27H36N2O2. The Bertz CT molecular complexity index is 898. The highest BCUT2D eigenvalue weighted by Gasteiger charge is 2.39. The van der Waals surface area contributed by atoms with Crippen molar-refractivity contribution in [2.75, 3.05) is 13.1 Å². The number of benzene rings is 2. The molecule has 31 heavy (non-hydrogen) atoms. The van der Waals surface area contributed by atoms with Crippen LogP contribution < -0.4 is 10.1 Å². The molecule has 2 heterocycles. The summed E-state index contributed by atoms with van der Waals surface area (Å²) in [5.74, 6) is 1.23. The monoisotopic (exact) mass is 420 g/mol. The first-order chi connectivity index (χ1) is 15.0. The highest BCUT2D eigenvalue weighted by Crippen LogP contribution is 2.42. The maximum absolute atomic E-state index is 13.2. The zero-order valence-corrected chi connectivity index (χ0v) is 19.2. The molecule has 1 fully saturated rings. The molecule has 2 aliphatic rings. The average Bonchev–Trinajstić information content (AvgIpc) is 2.79. The number of carbonyl (C=O) groups excluding carboxylic acids is 1. The van der Waals surface area contributed by atoms with Gasteiger partial charge in [-0.15, -0.1) is 0 Å². The van der Waals surface area contributed by atoms with Crippen LogP contribution in [0.2, 0.25) is 0 Å². The Balaban J connectivity index is 1.37. The van der Waals surface area contributed by atoms with Crippen molar-refractivity contribution >= 4 is 5.91 Å². The van der Waals surface area contributed by atoms with E-state index in [9.17, 15) is 4.79 Å². The molecule has 0 spiro atoms. The third-order valence-corrected chi connectivity index (χ3v) is 7.25. The molecule has 166 valence electrons. The zero-order valence-electron chi connectivity index (χ0n) is 19.2. The number of nitrogens with zero attached hydrogens (tertiary/aromatic N) is 1. The van der Waals surface area contributed by atoms with Crippen molar-refractivity contribution in [1.29, 1.82) is 0 Å². The predicted octanol–water partition coefficient (Wildman–Crippen LogP) is 5.41. The molecule has 2 aromatic rings. The lowest BCUT2D eigenvalue weighted by Crippen LogP contribution is -2.47. The lowest BCUT2D eigenvalue weighted by atomic mass is 9.83. The molecule has 1 atom stereocenters. The molecule has 1 saturated heterocycles. The van der Waals surface area contributed by atoms with Crippen LogP contribution in [-0.4, -0.2) is 29.5 Å². The number of hydrogen-bond acceptors (Lipinski definition) is 3. The molecule has 4 rings (SSSR count). The van der Waals surface area contributed by atoms with E-state index in [0.717, 1.165) is 63.1 Å². The van der Waals surface area contributed by atoms with Gasteiger partial charge in [0.15, 0.2) is 0 Å². The summed E-state index contributed by atoms with van der Waals surface area (Å²) < 4.78 is 6.40. The molecule has 4 heteroatoms. The lowest BCUT2D eigenvalue weighted by Gasteiger charge is -2.42. The predicted molar refractivity (Wildman–Crippen MR) is 125 cm³/mol. The second kappa shape index (κ2) is 9.44. The fraction of sp³-hybridized carbons (Fsp3) is 0.519. The van der Waals surface area contributed by atoms with Gasteiger partial charge in [-0.2, -0.15) is 0 Å². The molecule has 2 aromatic carbocycles. The van der Waals surface area contributed by atoms with Crippen LogP contribution in [0, 0.1) is 12.8 Å². The van der Waals surface area contributed by atoms with Crippen LogP contribution in [0.15, 0.2) is 48.5 Å². The Morgan fingerprint density at radius 3 is 2.55 bits per heavy atom. The fourth-order valence-corrected chi connectivity index (χ4v) is 5.14. The summed E-state index contributed by atoms with van der Waals surface area (Å²) in [6.07, 6.45) is 4.59. The smallest absolute Gasteiger partial charge is 0.223 e. The van der Waals surface area contributed by atoms with Gasteiger partial charge in [0.1, 0.15) is 11.4 Å². The van der Waals surface area contributed by atoms with Crippen LogP contribution in [0.5, 0.6) is 5.75 Å². The number of hydrogen-bond donors (Lipinski definition) is 1. The summed E-state index contributed by atoms with van der Waals surface area (Å²) in [6.45, 7) is 9.42. The van der Waals surface area contributed by atoms with E-state index in [2.05, 4.69) is 61.3 Å². The number of ether oxygens (including phenoxy) is 1. The highest BCUT2D eigenvalue weighted by molar-refractivity contribution is 5.79. The Hall–Kier alpha value is -2.33. The van der Waals surface area contributed by atoms with Crippen molar-refractivity contribution in [3.63, 3.8) is 0 Å². The van der Waals surface area contributed by atoms with Crippen molar-refractivity contribution in [2.24, 2.45) is 5.92 Å². The maximum Gasteiger partial charge on any atom is 0.223 e. The van der Waals surface area contributed by atoms with Gasteiger partial charge in [0, 0.05) is 24.4 Å². The molecule has 1 unspecified atom stereocenters. The number of carbonyl (C=O) groups is 1. The highest BCUT2D eigenvalue weighted by atomic mass is 16.5. The minimum absolute atomic E-state index is 0.0303. The van der Waals surface area contributed by atoms with Gasteiger partial charge < -0.3 is 10.1 Å². The first-order valence-corrected chi connectivity index (χ1v) is 11.9. The summed E-state index contributed by atoms with van der Waals surface area (Å²) in [4.78, 5) is 15.7. The van der Waals surface area contributed by atoms with Crippen LogP contribution in [0.3, 0.4) is 0 Å².